The fourth-order valence-corrected chi connectivity index (χ4v) is 2.98. The number of hydrogen-bond donors (Lipinski definition) is 1. The molecule has 0 unspecified atom stereocenters. The number of rotatable bonds is 4. The molecule has 1 heterocycles. The third-order valence-corrected chi connectivity index (χ3v) is 4.72. The second kappa shape index (κ2) is 7.81. The molecule has 0 bridgehead atoms. The highest BCUT2D eigenvalue weighted by atomic mass is 79.9. The van der Waals surface area contributed by atoms with Crippen LogP contribution in [0.4, 0.5) is 5.69 Å². The minimum absolute atomic E-state index is 0.119. The summed E-state index contributed by atoms with van der Waals surface area (Å²) in [5, 5.41) is 2.90. The molecule has 0 spiro atoms. The number of anilines is 1. The van der Waals surface area contributed by atoms with Crippen LogP contribution < -0.4 is 10.1 Å². The lowest BCUT2D eigenvalue weighted by atomic mass is 10.1. The zero-order valence-corrected chi connectivity index (χ0v) is 15.3. The Kier molecular flexibility index (Phi) is 5.53. The first-order valence-electron chi connectivity index (χ1n) is 8.12. The molecule has 0 radical (unpaired) electrons. The molecule has 0 atom stereocenters. The molecule has 24 heavy (non-hydrogen) atoms. The van der Waals surface area contributed by atoms with Crippen LogP contribution in [0.25, 0.3) is 0 Å². The van der Waals surface area contributed by atoms with E-state index in [1.165, 1.54) is 0 Å². The summed E-state index contributed by atoms with van der Waals surface area (Å²) >= 11 is 3.37. The van der Waals surface area contributed by atoms with E-state index in [9.17, 15) is 4.79 Å². The fourth-order valence-electron chi connectivity index (χ4n) is 2.72. The quantitative estimate of drug-likeness (QED) is 0.853. The van der Waals surface area contributed by atoms with Crippen molar-refractivity contribution in [1.29, 1.82) is 0 Å². The Hall–Kier alpha value is -1.85. The Morgan fingerprint density at radius 1 is 1.08 bits per heavy atom. The molecule has 1 aliphatic heterocycles. The molecule has 1 N–H and O–H groups in total. The lowest BCUT2D eigenvalue weighted by Crippen LogP contribution is -2.35. The van der Waals surface area contributed by atoms with Crippen molar-refractivity contribution in [3.63, 3.8) is 0 Å². The van der Waals surface area contributed by atoms with Crippen molar-refractivity contribution in [2.24, 2.45) is 0 Å². The number of carbonyl (C=O) groups is 1. The van der Waals surface area contributed by atoms with E-state index in [0.717, 1.165) is 41.8 Å². The molecule has 1 fully saturated rings. The van der Waals surface area contributed by atoms with Crippen molar-refractivity contribution in [3.05, 3.63) is 58.6 Å². The van der Waals surface area contributed by atoms with Gasteiger partial charge in [0.15, 0.2) is 0 Å². The maximum Gasteiger partial charge on any atom is 0.255 e. The summed E-state index contributed by atoms with van der Waals surface area (Å²) in [7, 11) is 2.14. The van der Waals surface area contributed by atoms with E-state index in [0.29, 0.717) is 5.56 Å². The number of amides is 1. The molecule has 0 saturated carbocycles. The zero-order chi connectivity index (χ0) is 16.9. The van der Waals surface area contributed by atoms with Gasteiger partial charge in [0, 0.05) is 28.8 Å². The predicted octanol–water partition coefficient (Wildman–Crippen LogP) is 4.17. The van der Waals surface area contributed by atoms with E-state index in [-0.39, 0.29) is 12.0 Å². The molecular weight excluding hydrogens is 368 g/mol. The van der Waals surface area contributed by atoms with E-state index in [1.807, 2.05) is 36.4 Å². The summed E-state index contributed by atoms with van der Waals surface area (Å²) in [5.41, 5.74) is 1.39. The summed E-state index contributed by atoms with van der Waals surface area (Å²) in [6, 6.07) is 14.9. The predicted molar refractivity (Wildman–Crippen MR) is 99.7 cm³/mol. The number of benzene rings is 2. The average Bonchev–Trinajstić information content (AvgIpc) is 2.59. The van der Waals surface area contributed by atoms with E-state index < -0.39 is 0 Å². The van der Waals surface area contributed by atoms with Gasteiger partial charge in [0.1, 0.15) is 11.9 Å². The third-order valence-electron chi connectivity index (χ3n) is 4.19. The number of carbonyl (C=O) groups excluding carboxylic acids is 1. The Morgan fingerprint density at radius 3 is 2.33 bits per heavy atom. The molecule has 1 saturated heterocycles. The molecule has 5 heteroatoms. The van der Waals surface area contributed by atoms with Crippen LogP contribution >= 0.6 is 15.9 Å². The summed E-state index contributed by atoms with van der Waals surface area (Å²) in [6.45, 7) is 2.15. The highest BCUT2D eigenvalue weighted by molar-refractivity contribution is 9.10. The molecule has 0 aliphatic carbocycles. The number of piperidine rings is 1. The van der Waals surface area contributed by atoms with Crippen LogP contribution in [-0.2, 0) is 0 Å². The van der Waals surface area contributed by atoms with E-state index in [2.05, 4.69) is 33.2 Å². The maximum atomic E-state index is 12.2. The fraction of sp³-hybridized carbons (Fsp3) is 0.316. The average molecular weight is 389 g/mol. The topological polar surface area (TPSA) is 41.6 Å². The number of nitrogens with one attached hydrogen (secondary N) is 1. The Bertz CT molecular complexity index is 678. The Balaban J connectivity index is 1.56. The second-order valence-corrected chi connectivity index (χ2v) is 7.02. The molecule has 2 aromatic carbocycles. The van der Waals surface area contributed by atoms with Gasteiger partial charge in [0.2, 0.25) is 0 Å². The van der Waals surface area contributed by atoms with Crippen molar-refractivity contribution in [1.82, 2.24) is 4.90 Å². The minimum atomic E-state index is -0.119. The molecule has 126 valence electrons. The molecule has 1 amide bonds. The Morgan fingerprint density at radius 2 is 1.71 bits per heavy atom. The summed E-state index contributed by atoms with van der Waals surface area (Å²) < 4.78 is 6.97. The van der Waals surface area contributed by atoms with Crippen molar-refractivity contribution < 1.29 is 9.53 Å². The smallest absolute Gasteiger partial charge is 0.255 e. The van der Waals surface area contributed by atoms with Gasteiger partial charge in [-0.25, -0.2) is 0 Å². The molecule has 2 aromatic rings. The van der Waals surface area contributed by atoms with Gasteiger partial charge in [-0.3, -0.25) is 4.79 Å². The molecular formula is C19H21BrN2O2. The van der Waals surface area contributed by atoms with Crippen molar-refractivity contribution >= 4 is 27.5 Å². The number of likely N-dealkylation sites (tertiary alicyclic amines) is 1. The van der Waals surface area contributed by atoms with Crippen LogP contribution in [-0.4, -0.2) is 37.0 Å². The molecule has 1 aliphatic rings. The first-order valence-corrected chi connectivity index (χ1v) is 8.91. The second-order valence-electron chi connectivity index (χ2n) is 6.11. The van der Waals surface area contributed by atoms with Crippen molar-refractivity contribution in [2.75, 3.05) is 25.5 Å². The molecule has 4 nitrogen and oxygen atoms in total. The number of ether oxygens (including phenoxy) is 1. The van der Waals surface area contributed by atoms with Crippen LogP contribution in [0.3, 0.4) is 0 Å². The van der Waals surface area contributed by atoms with Crippen LogP contribution in [0.15, 0.2) is 53.0 Å². The molecule has 3 rings (SSSR count). The van der Waals surface area contributed by atoms with Crippen LogP contribution in [0.5, 0.6) is 5.75 Å². The highest BCUT2D eigenvalue weighted by Crippen LogP contribution is 2.21. The van der Waals surface area contributed by atoms with Gasteiger partial charge in [-0.15, -0.1) is 0 Å². The third kappa shape index (κ3) is 4.58. The maximum absolute atomic E-state index is 12.2. The van der Waals surface area contributed by atoms with E-state index in [1.54, 1.807) is 12.1 Å². The molecule has 0 aromatic heterocycles. The van der Waals surface area contributed by atoms with Gasteiger partial charge in [0.05, 0.1) is 0 Å². The standard InChI is InChI=1S/C19H21BrN2O2/c1-22-12-10-18(11-13-22)24-17-8-6-16(7-9-17)21-19(23)14-2-4-15(20)5-3-14/h2-9,18H,10-13H2,1H3,(H,21,23). The lowest BCUT2D eigenvalue weighted by Gasteiger charge is -2.29. The largest absolute Gasteiger partial charge is 0.490 e. The Labute approximate surface area is 150 Å². The van der Waals surface area contributed by atoms with Gasteiger partial charge in [-0.2, -0.15) is 0 Å². The van der Waals surface area contributed by atoms with Gasteiger partial charge in [0.25, 0.3) is 5.91 Å². The number of halogens is 1. The van der Waals surface area contributed by atoms with Gasteiger partial charge in [-0.1, -0.05) is 15.9 Å². The SMILES string of the molecule is CN1CCC(Oc2ccc(NC(=O)c3ccc(Br)cc3)cc2)CC1. The van der Waals surface area contributed by atoms with E-state index >= 15 is 0 Å². The van der Waals surface area contributed by atoms with Crippen LogP contribution in [0, 0.1) is 0 Å². The van der Waals surface area contributed by atoms with Gasteiger partial charge in [-0.05, 0) is 68.4 Å². The van der Waals surface area contributed by atoms with Crippen molar-refractivity contribution in [2.45, 2.75) is 18.9 Å². The normalized spacial score (nSPS) is 15.9. The summed E-state index contributed by atoms with van der Waals surface area (Å²) in [5.74, 6) is 0.734. The minimum Gasteiger partial charge on any atom is -0.490 e. The number of hydrogen-bond acceptors (Lipinski definition) is 3. The highest BCUT2D eigenvalue weighted by Gasteiger charge is 2.17. The van der Waals surface area contributed by atoms with Gasteiger partial charge < -0.3 is 15.0 Å². The first kappa shape index (κ1) is 17.0. The van der Waals surface area contributed by atoms with Crippen LogP contribution in [0.2, 0.25) is 0 Å². The number of nitrogens with zero attached hydrogens (tertiary/aromatic N) is 1. The lowest BCUT2D eigenvalue weighted by molar-refractivity contribution is 0.102. The summed E-state index contributed by atoms with van der Waals surface area (Å²) in [6.07, 6.45) is 2.39. The summed E-state index contributed by atoms with van der Waals surface area (Å²) in [4.78, 5) is 14.5. The first-order chi connectivity index (χ1) is 11.6. The monoisotopic (exact) mass is 388 g/mol. The van der Waals surface area contributed by atoms with Crippen LogP contribution in [0.1, 0.15) is 23.2 Å². The van der Waals surface area contributed by atoms with E-state index in [4.69, 9.17) is 4.74 Å². The zero-order valence-electron chi connectivity index (χ0n) is 13.7. The van der Waals surface area contributed by atoms with Crippen molar-refractivity contribution in [3.8, 4) is 5.75 Å². The van der Waals surface area contributed by atoms with Gasteiger partial charge >= 0.3 is 0 Å².